The predicted octanol–water partition coefficient (Wildman–Crippen LogP) is 9.59. The maximum absolute atomic E-state index is 14.4. The van der Waals surface area contributed by atoms with Gasteiger partial charge in [0.25, 0.3) is 5.91 Å². The maximum atomic E-state index is 14.4. The summed E-state index contributed by atoms with van der Waals surface area (Å²) in [6.07, 6.45) is 2.30. The van der Waals surface area contributed by atoms with Gasteiger partial charge in [-0.25, -0.2) is 9.18 Å². The first-order chi connectivity index (χ1) is 31.0. The molecule has 3 atom stereocenters. The molecule has 2 amide bonds. The molecule has 2 aliphatic rings. The molecule has 2 saturated heterocycles. The molecular weight excluding hydrogens is 824 g/mol. The molecule has 5 aromatic rings. The fourth-order valence-electron chi connectivity index (χ4n) is 8.78. The van der Waals surface area contributed by atoms with Crippen molar-refractivity contribution in [1.82, 2.24) is 15.1 Å². The van der Waals surface area contributed by atoms with Crippen molar-refractivity contribution in [2.75, 3.05) is 65.0 Å². The summed E-state index contributed by atoms with van der Waals surface area (Å²) in [7, 11) is 1.68. The van der Waals surface area contributed by atoms with Gasteiger partial charge in [0.15, 0.2) is 0 Å². The zero-order valence-electron chi connectivity index (χ0n) is 37.6. The van der Waals surface area contributed by atoms with E-state index in [9.17, 15) is 14.0 Å². The van der Waals surface area contributed by atoms with Crippen LogP contribution < -0.4 is 10.6 Å². The molecule has 2 heterocycles. The lowest BCUT2D eigenvalue weighted by molar-refractivity contribution is 0.0235. The monoisotopic (exact) mass is 886 g/mol. The van der Waals surface area contributed by atoms with Crippen molar-refractivity contribution in [3.63, 3.8) is 0 Å². The largest absolute Gasteiger partial charge is 0.444 e. The lowest BCUT2D eigenvalue weighted by atomic mass is 9.84. The molecule has 7 rings (SSSR count). The van der Waals surface area contributed by atoms with Gasteiger partial charge < -0.3 is 29.7 Å². The Morgan fingerprint density at radius 2 is 1.44 bits per heavy atom. The Hall–Kier alpha value is -5.20. The number of likely N-dealkylation sites (tertiary alicyclic amines) is 1. The number of thioether (sulfide) groups is 1. The molecule has 0 saturated carbocycles. The van der Waals surface area contributed by atoms with Gasteiger partial charge in [0.2, 0.25) is 0 Å². The minimum absolute atomic E-state index is 0.0469. The van der Waals surface area contributed by atoms with Gasteiger partial charge >= 0.3 is 6.09 Å². The third-order valence-electron chi connectivity index (χ3n) is 12.0. The number of halogens is 1. The lowest BCUT2D eigenvalue weighted by Gasteiger charge is -2.37. The van der Waals surface area contributed by atoms with Crippen LogP contribution in [0, 0.1) is 5.82 Å². The SMILES string of the molecule is COCC[C@@H](CN1CCOCC1)NC(=O)c1cc(NC[C@@H]2C[C@H](SC(c3ccccc3)(c3ccccc3)c3ccccc3)CN2C(=O)OC(C)(C)C)ccc1CCc1ccc(F)cc1. The van der Waals surface area contributed by atoms with Crippen molar-refractivity contribution >= 4 is 29.4 Å². The van der Waals surface area contributed by atoms with Crippen molar-refractivity contribution in [1.29, 1.82) is 0 Å². The summed E-state index contributed by atoms with van der Waals surface area (Å²) in [5.41, 5.74) is 6.09. The number of morpholine rings is 1. The second kappa shape index (κ2) is 22.1. The summed E-state index contributed by atoms with van der Waals surface area (Å²) in [4.78, 5) is 32.7. The first-order valence-corrected chi connectivity index (χ1v) is 23.4. The van der Waals surface area contributed by atoms with E-state index in [1.54, 1.807) is 19.2 Å². The van der Waals surface area contributed by atoms with Crippen molar-refractivity contribution in [2.24, 2.45) is 0 Å². The van der Waals surface area contributed by atoms with Gasteiger partial charge in [0.05, 0.1) is 24.0 Å². The van der Waals surface area contributed by atoms with E-state index in [0.29, 0.717) is 64.3 Å². The van der Waals surface area contributed by atoms with E-state index in [4.69, 9.17) is 14.2 Å². The highest BCUT2D eigenvalue weighted by atomic mass is 32.2. The van der Waals surface area contributed by atoms with Gasteiger partial charge in [0, 0.05) is 69.0 Å². The number of methoxy groups -OCH3 is 1. The van der Waals surface area contributed by atoms with Gasteiger partial charge in [-0.15, -0.1) is 11.8 Å². The molecule has 0 aromatic heterocycles. The second-order valence-electron chi connectivity index (χ2n) is 17.8. The first kappa shape index (κ1) is 46.8. The Bertz CT molecular complexity index is 2140. The number of aryl methyl sites for hydroxylation is 2. The molecule has 2 aliphatic heterocycles. The van der Waals surface area contributed by atoms with Crippen LogP contribution in [0.4, 0.5) is 14.9 Å². The van der Waals surface area contributed by atoms with Crippen LogP contribution in [0.3, 0.4) is 0 Å². The molecule has 5 aromatic carbocycles. The number of nitrogens with zero attached hydrogens (tertiary/aromatic N) is 2. The van der Waals surface area contributed by atoms with Crippen molar-refractivity contribution in [3.8, 4) is 0 Å². The standard InChI is InChI=1S/C53H63FN4O5S/c1-52(2,3)63-51(60)58-38-48(64-53(41-14-8-5-9-15-41,42-16-10-6-11-17-42)43-18-12-7-13-19-43)35-47(58)36-55-45-27-24-40(23-20-39-21-25-44(54)26-22-39)49(34-45)50(59)56-46(28-31-61-4)37-57-29-32-62-33-30-57/h5-19,21-22,24-27,34,46-48,55H,20,23,28-33,35-38H2,1-4H3,(H,56,59)/t46-,47-,48-/m0/s1. The molecule has 0 bridgehead atoms. The molecule has 0 aliphatic carbocycles. The number of ether oxygens (including phenoxy) is 3. The van der Waals surface area contributed by atoms with Crippen molar-refractivity contribution in [2.45, 2.75) is 74.1 Å². The summed E-state index contributed by atoms with van der Waals surface area (Å²) in [5.74, 6) is -0.430. The Morgan fingerprint density at radius 3 is 2.02 bits per heavy atom. The maximum Gasteiger partial charge on any atom is 0.410 e. The average Bonchev–Trinajstić information content (AvgIpc) is 3.72. The zero-order valence-corrected chi connectivity index (χ0v) is 38.5. The highest BCUT2D eigenvalue weighted by molar-refractivity contribution is 8.01. The number of hydrogen-bond donors (Lipinski definition) is 2. The van der Waals surface area contributed by atoms with E-state index in [-0.39, 0.29) is 35.2 Å². The van der Waals surface area contributed by atoms with Crippen LogP contribution in [0.1, 0.15) is 71.8 Å². The molecule has 0 spiro atoms. The van der Waals surface area contributed by atoms with Crippen LogP contribution in [-0.2, 0) is 31.8 Å². The Labute approximate surface area is 383 Å². The van der Waals surface area contributed by atoms with E-state index >= 15 is 0 Å². The quantitative estimate of drug-likeness (QED) is 0.0842. The number of carbonyl (C=O) groups excluding carboxylic acids is 2. The third-order valence-corrected chi connectivity index (χ3v) is 13.7. The molecule has 11 heteroatoms. The summed E-state index contributed by atoms with van der Waals surface area (Å²) < 4.78 is 30.3. The number of benzene rings is 5. The molecular formula is C53H63FN4O5S. The molecule has 338 valence electrons. The van der Waals surface area contributed by atoms with E-state index < -0.39 is 10.3 Å². The van der Waals surface area contributed by atoms with Gasteiger partial charge in [-0.1, -0.05) is 109 Å². The summed E-state index contributed by atoms with van der Waals surface area (Å²) in [5, 5.41) is 7.04. The molecule has 64 heavy (non-hydrogen) atoms. The minimum atomic E-state index is -0.670. The number of carbonyl (C=O) groups is 2. The van der Waals surface area contributed by atoms with Gasteiger partial charge in [-0.2, -0.15) is 0 Å². The normalized spacial score (nSPS) is 17.5. The van der Waals surface area contributed by atoms with E-state index in [2.05, 4.69) is 107 Å². The highest BCUT2D eigenvalue weighted by Gasteiger charge is 2.45. The number of anilines is 1. The van der Waals surface area contributed by atoms with Gasteiger partial charge in [-0.05, 0) is 98.5 Å². The number of nitrogens with one attached hydrogen (secondary N) is 2. The summed E-state index contributed by atoms with van der Waals surface area (Å²) in [6, 6.07) is 44.1. The van der Waals surface area contributed by atoms with Crippen LogP contribution in [0.15, 0.2) is 133 Å². The van der Waals surface area contributed by atoms with Gasteiger partial charge in [0.1, 0.15) is 11.4 Å². The highest BCUT2D eigenvalue weighted by Crippen LogP contribution is 2.52. The topological polar surface area (TPSA) is 92.4 Å². The summed E-state index contributed by atoms with van der Waals surface area (Å²) in [6.45, 7) is 10.8. The van der Waals surface area contributed by atoms with Crippen LogP contribution in [-0.4, -0.2) is 104 Å². The molecule has 2 N–H and O–H groups in total. The lowest BCUT2D eigenvalue weighted by Crippen LogP contribution is -2.47. The Balaban J connectivity index is 1.16. The van der Waals surface area contributed by atoms with E-state index in [1.165, 1.54) is 28.8 Å². The first-order valence-electron chi connectivity index (χ1n) is 22.6. The summed E-state index contributed by atoms with van der Waals surface area (Å²) >= 11 is 1.89. The predicted molar refractivity (Wildman–Crippen MR) is 256 cm³/mol. The number of rotatable bonds is 18. The fraction of sp³-hybridized carbons (Fsp3) is 0.396. The fourth-order valence-corrected chi connectivity index (χ4v) is 10.6. The van der Waals surface area contributed by atoms with E-state index in [1.807, 2.05) is 55.6 Å². The molecule has 0 unspecified atom stereocenters. The van der Waals surface area contributed by atoms with Crippen LogP contribution in [0.2, 0.25) is 0 Å². The average molecular weight is 887 g/mol. The second-order valence-corrected chi connectivity index (χ2v) is 19.3. The third kappa shape index (κ3) is 12.3. The van der Waals surface area contributed by atoms with Crippen LogP contribution in [0.25, 0.3) is 0 Å². The van der Waals surface area contributed by atoms with Crippen molar-refractivity contribution in [3.05, 3.63) is 173 Å². The Morgan fingerprint density at radius 1 is 0.828 bits per heavy atom. The Kier molecular flexibility index (Phi) is 16.2. The van der Waals surface area contributed by atoms with E-state index in [0.717, 1.165) is 36.3 Å². The molecule has 9 nitrogen and oxygen atoms in total. The smallest absolute Gasteiger partial charge is 0.410 e. The molecule has 2 fully saturated rings. The molecule has 0 radical (unpaired) electrons. The number of hydrogen-bond acceptors (Lipinski definition) is 8. The van der Waals surface area contributed by atoms with Gasteiger partial charge in [-0.3, -0.25) is 9.69 Å². The minimum Gasteiger partial charge on any atom is -0.444 e. The van der Waals surface area contributed by atoms with Crippen LogP contribution in [0.5, 0.6) is 0 Å². The zero-order chi connectivity index (χ0) is 44.9. The number of amides is 2. The van der Waals surface area contributed by atoms with Crippen molar-refractivity contribution < 1.29 is 28.2 Å². The van der Waals surface area contributed by atoms with Crippen LogP contribution >= 0.6 is 11.8 Å².